The molecular weight excluding hydrogens is 265 g/mol. The molecule has 1 aromatic carbocycles. The van der Waals surface area contributed by atoms with E-state index < -0.39 is 0 Å². The van der Waals surface area contributed by atoms with E-state index in [1.165, 1.54) is 0 Å². The molecule has 0 atom stereocenters. The number of hydrogen-bond acceptors (Lipinski definition) is 3. The highest BCUT2D eigenvalue weighted by Crippen LogP contribution is 2.37. The third kappa shape index (κ3) is 2.15. The second kappa shape index (κ2) is 4.52. The first-order valence-corrected chi connectivity index (χ1v) is 7.24. The van der Waals surface area contributed by atoms with Gasteiger partial charge in [0.1, 0.15) is 5.75 Å². The monoisotopic (exact) mass is 287 g/mol. The zero-order valence-electron chi connectivity index (χ0n) is 13.6. The summed E-state index contributed by atoms with van der Waals surface area (Å²) in [7, 11) is 3.36. The molecule has 0 saturated carbocycles. The van der Waals surface area contributed by atoms with Gasteiger partial charge in [-0.15, -0.1) is 0 Å². The highest BCUT2D eigenvalue weighted by Gasteiger charge is 2.52. The highest BCUT2D eigenvalue weighted by atomic mass is 16.7. The maximum absolute atomic E-state index is 6.16. The molecule has 3 rings (SSSR count). The van der Waals surface area contributed by atoms with Gasteiger partial charge in [0.25, 0.3) is 0 Å². The van der Waals surface area contributed by atoms with Gasteiger partial charge in [0, 0.05) is 24.8 Å². The molecule has 5 heteroatoms. The Balaban J connectivity index is 2.07. The smallest absolute Gasteiger partial charge is 0.497 e. The minimum atomic E-state index is -0.341. The van der Waals surface area contributed by atoms with Crippen LogP contribution in [0.2, 0.25) is 0 Å². The third-order valence-corrected chi connectivity index (χ3v) is 4.74. The molecule has 4 nitrogen and oxygen atoms in total. The molecular formula is C16H22BNO3. The molecule has 21 heavy (non-hydrogen) atoms. The quantitative estimate of drug-likeness (QED) is 0.795. The van der Waals surface area contributed by atoms with Gasteiger partial charge >= 0.3 is 7.12 Å². The van der Waals surface area contributed by atoms with E-state index in [1.807, 2.05) is 19.2 Å². The van der Waals surface area contributed by atoms with Crippen LogP contribution in [0.1, 0.15) is 27.7 Å². The first-order valence-electron chi connectivity index (χ1n) is 7.24. The summed E-state index contributed by atoms with van der Waals surface area (Å²) in [6.45, 7) is 8.28. The predicted molar refractivity (Wildman–Crippen MR) is 85.2 cm³/mol. The van der Waals surface area contributed by atoms with Gasteiger partial charge in [0.2, 0.25) is 0 Å². The lowest BCUT2D eigenvalue weighted by Gasteiger charge is -2.32. The topological polar surface area (TPSA) is 32.6 Å². The van der Waals surface area contributed by atoms with Gasteiger partial charge in [-0.1, -0.05) is 0 Å². The molecule has 0 aliphatic carbocycles. The Morgan fingerprint density at radius 2 is 1.71 bits per heavy atom. The lowest BCUT2D eigenvalue weighted by molar-refractivity contribution is 0.00578. The van der Waals surface area contributed by atoms with Crippen molar-refractivity contribution < 1.29 is 14.0 Å². The van der Waals surface area contributed by atoms with Gasteiger partial charge in [-0.3, -0.25) is 0 Å². The molecule has 1 aromatic heterocycles. The Morgan fingerprint density at radius 1 is 1.10 bits per heavy atom. The molecule has 1 aliphatic rings. The molecule has 1 saturated heterocycles. The number of hydrogen-bond donors (Lipinski definition) is 0. The third-order valence-electron chi connectivity index (χ3n) is 4.74. The average Bonchev–Trinajstić information content (AvgIpc) is 2.84. The molecule has 0 N–H and O–H groups in total. The van der Waals surface area contributed by atoms with Crippen molar-refractivity contribution in [1.29, 1.82) is 0 Å². The summed E-state index contributed by atoms with van der Waals surface area (Å²) in [4.78, 5) is 0. The van der Waals surface area contributed by atoms with Crippen LogP contribution in [-0.4, -0.2) is 30.0 Å². The molecule has 112 valence electrons. The van der Waals surface area contributed by atoms with Crippen molar-refractivity contribution in [3.8, 4) is 5.75 Å². The van der Waals surface area contributed by atoms with E-state index in [9.17, 15) is 0 Å². The summed E-state index contributed by atoms with van der Waals surface area (Å²) in [6.07, 6.45) is 2.08. The van der Waals surface area contributed by atoms with Crippen LogP contribution in [0.3, 0.4) is 0 Å². The molecule has 0 bridgehead atoms. The molecule has 2 aromatic rings. The van der Waals surface area contributed by atoms with Crippen LogP contribution < -0.4 is 10.2 Å². The second-order valence-corrected chi connectivity index (χ2v) is 6.67. The molecule has 0 amide bonds. The fourth-order valence-corrected chi connectivity index (χ4v) is 2.68. The molecule has 1 fully saturated rings. The summed E-state index contributed by atoms with van der Waals surface area (Å²) >= 11 is 0. The lowest BCUT2D eigenvalue weighted by Crippen LogP contribution is -2.41. The number of fused-ring (bicyclic) bond motifs is 1. The van der Waals surface area contributed by atoms with E-state index in [0.29, 0.717) is 0 Å². The summed E-state index contributed by atoms with van der Waals surface area (Å²) in [5.74, 6) is 0.851. The van der Waals surface area contributed by atoms with Crippen LogP contribution in [0.5, 0.6) is 5.75 Å². The first-order chi connectivity index (χ1) is 9.75. The Kier molecular flexibility index (Phi) is 3.12. The summed E-state index contributed by atoms with van der Waals surface area (Å²) < 4.78 is 19.7. The Labute approximate surface area is 126 Å². The van der Waals surface area contributed by atoms with Crippen molar-refractivity contribution in [2.45, 2.75) is 38.9 Å². The average molecular weight is 287 g/mol. The number of methoxy groups -OCH3 is 1. The predicted octanol–water partition coefficient (Wildman–Crippen LogP) is 2.49. The van der Waals surface area contributed by atoms with Crippen LogP contribution >= 0.6 is 0 Å². The number of rotatable bonds is 2. The van der Waals surface area contributed by atoms with E-state index in [0.717, 1.165) is 22.1 Å². The maximum Gasteiger partial charge on any atom is 0.497 e. The SMILES string of the molecule is COc1ccc2c(B3OC(C)(C)C(C)(C)O3)cn(C)c2c1. The van der Waals surface area contributed by atoms with Gasteiger partial charge in [-0.05, 0) is 45.2 Å². The summed E-state index contributed by atoms with van der Waals surface area (Å²) in [6, 6.07) is 6.07. The van der Waals surface area contributed by atoms with E-state index >= 15 is 0 Å². The second-order valence-electron chi connectivity index (χ2n) is 6.67. The summed E-state index contributed by atoms with van der Waals surface area (Å²) in [5, 5.41) is 1.14. The van der Waals surface area contributed by atoms with Crippen LogP contribution in [-0.2, 0) is 16.4 Å². The Hall–Kier alpha value is -1.46. The normalized spacial score (nSPS) is 20.2. The van der Waals surface area contributed by atoms with Gasteiger partial charge in [0.05, 0.1) is 23.8 Å². The zero-order chi connectivity index (χ0) is 15.4. The van der Waals surface area contributed by atoms with Crippen molar-refractivity contribution >= 4 is 23.5 Å². The number of ether oxygens (including phenoxy) is 1. The van der Waals surface area contributed by atoms with E-state index in [2.05, 4.69) is 44.5 Å². The maximum atomic E-state index is 6.16. The van der Waals surface area contributed by atoms with E-state index in [1.54, 1.807) is 7.11 Å². The molecule has 0 radical (unpaired) electrons. The Bertz CT molecular complexity index is 674. The van der Waals surface area contributed by atoms with Gasteiger partial charge < -0.3 is 18.6 Å². The minimum Gasteiger partial charge on any atom is -0.497 e. The fourth-order valence-electron chi connectivity index (χ4n) is 2.68. The zero-order valence-corrected chi connectivity index (χ0v) is 13.6. The van der Waals surface area contributed by atoms with Crippen LogP contribution in [0, 0.1) is 0 Å². The fraction of sp³-hybridized carbons (Fsp3) is 0.500. The number of aryl methyl sites for hydroxylation is 1. The van der Waals surface area contributed by atoms with Gasteiger partial charge in [0.15, 0.2) is 0 Å². The number of nitrogens with zero attached hydrogens (tertiary/aromatic N) is 1. The highest BCUT2D eigenvalue weighted by molar-refractivity contribution is 6.65. The summed E-state index contributed by atoms with van der Waals surface area (Å²) in [5.41, 5.74) is 1.52. The molecule has 1 aliphatic heterocycles. The first kappa shape index (κ1) is 14.5. The van der Waals surface area contributed by atoms with Gasteiger partial charge in [-0.25, -0.2) is 0 Å². The standard InChI is InChI=1S/C16H22BNO3/c1-15(2)16(3,4)21-17(20-15)13-10-18(5)14-9-11(19-6)7-8-12(13)14/h7-10H,1-6H3. The van der Waals surface area contributed by atoms with Crippen molar-refractivity contribution in [2.24, 2.45) is 7.05 Å². The number of benzene rings is 1. The lowest BCUT2D eigenvalue weighted by atomic mass is 9.79. The van der Waals surface area contributed by atoms with Crippen molar-refractivity contribution in [1.82, 2.24) is 4.57 Å². The number of aromatic nitrogens is 1. The Morgan fingerprint density at radius 3 is 2.29 bits per heavy atom. The van der Waals surface area contributed by atoms with Gasteiger partial charge in [-0.2, -0.15) is 0 Å². The van der Waals surface area contributed by atoms with Crippen molar-refractivity contribution in [3.63, 3.8) is 0 Å². The van der Waals surface area contributed by atoms with E-state index in [-0.39, 0.29) is 18.3 Å². The van der Waals surface area contributed by atoms with Crippen molar-refractivity contribution in [3.05, 3.63) is 24.4 Å². The molecule has 0 unspecified atom stereocenters. The minimum absolute atomic E-state index is 0.327. The van der Waals surface area contributed by atoms with E-state index in [4.69, 9.17) is 14.0 Å². The van der Waals surface area contributed by atoms with Crippen LogP contribution in [0.25, 0.3) is 10.9 Å². The van der Waals surface area contributed by atoms with Crippen LogP contribution in [0.4, 0.5) is 0 Å². The van der Waals surface area contributed by atoms with Crippen molar-refractivity contribution in [2.75, 3.05) is 7.11 Å². The molecule has 2 heterocycles. The van der Waals surface area contributed by atoms with Crippen LogP contribution in [0.15, 0.2) is 24.4 Å². The largest absolute Gasteiger partial charge is 0.497 e. The molecule has 0 spiro atoms.